The van der Waals surface area contributed by atoms with Crippen molar-refractivity contribution in [3.05, 3.63) is 65.4 Å². The number of anilines is 1. The second kappa shape index (κ2) is 8.58. The predicted octanol–water partition coefficient (Wildman–Crippen LogP) is 4.12. The lowest BCUT2D eigenvalue weighted by molar-refractivity contribution is 0.0190. The van der Waals surface area contributed by atoms with E-state index in [-0.39, 0.29) is 0 Å². The summed E-state index contributed by atoms with van der Waals surface area (Å²) in [5, 5.41) is 21.8. The zero-order valence-electron chi connectivity index (χ0n) is 16.0. The van der Waals surface area contributed by atoms with Gasteiger partial charge in [-0.3, -0.25) is 4.90 Å². The number of fused-ring (bicyclic) bond motifs is 1. The number of halogens is 2. The van der Waals surface area contributed by atoms with Crippen molar-refractivity contribution >= 4 is 39.9 Å². The van der Waals surface area contributed by atoms with Crippen molar-refractivity contribution in [2.45, 2.75) is 12.3 Å². The number of hydrogen-bond donors (Lipinski definition) is 1. The summed E-state index contributed by atoms with van der Waals surface area (Å²) in [6.45, 7) is 5.14. The lowest BCUT2D eigenvalue weighted by atomic mass is 10.0. The van der Waals surface area contributed by atoms with Gasteiger partial charge in [-0.25, -0.2) is 9.97 Å². The highest BCUT2D eigenvalue weighted by Gasteiger charge is 2.31. The Morgan fingerprint density at radius 3 is 2.67 bits per heavy atom. The van der Waals surface area contributed by atoms with E-state index in [9.17, 15) is 10.4 Å². The smallest absolute Gasteiger partial charge is 0.140 e. The molecule has 0 saturated carbocycles. The van der Waals surface area contributed by atoms with E-state index in [1.165, 1.54) is 12.4 Å². The van der Waals surface area contributed by atoms with Crippen molar-refractivity contribution in [3.8, 4) is 17.2 Å². The van der Waals surface area contributed by atoms with E-state index in [1.54, 1.807) is 4.90 Å². The van der Waals surface area contributed by atoms with E-state index < -0.39 is 12.3 Å². The van der Waals surface area contributed by atoms with Crippen LogP contribution in [0, 0.1) is 11.3 Å². The van der Waals surface area contributed by atoms with Gasteiger partial charge in [-0.1, -0.05) is 41.9 Å². The highest BCUT2D eigenvalue weighted by molar-refractivity contribution is 6.34. The summed E-state index contributed by atoms with van der Waals surface area (Å²) in [7, 11) is 0. The summed E-state index contributed by atoms with van der Waals surface area (Å²) < 4.78 is 0. The Bertz CT molecular complexity index is 1130. The summed E-state index contributed by atoms with van der Waals surface area (Å²) in [5.74, 6) is 0.736. The van der Waals surface area contributed by atoms with Crippen LogP contribution in [-0.2, 0) is 0 Å². The zero-order chi connectivity index (χ0) is 21.3. The van der Waals surface area contributed by atoms with Gasteiger partial charge in [0.25, 0.3) is 0 Å². The molecule has 8 heteroatoms. The van der Waals surface area contributed by atoms with Crippen LogP contribution in [-0.4, -0.2) is 51.9 Å². The zero-order valence-corrected chi connectivity index (χ0v) is 17.6. The maximum Gasteiger partial charge on any atom is 0.140 e. The molecule has 1 aromatic heterocycles. The van der Waals surface area contributed by atoms with E-state index in [4.69, 9.17) is 23.2 Å². The third-order valence-corrected chi connectivity index (χ3v) is 5.84. The SMILES string of the molecule is C=CC(O)N1CCN(c2ncnc3cc(Cl)c(-c4ccc(Cl)cc4)cc23)C[C@H]1C#N. The minimum absolute atomic E-state index is 0.409. The molecule has 4 rings (SSSR count). The van der Waals surface area contributed by atoms with E-state index in [0.717, 1.165) is 27.8 Å². The number of aliphatic hydroxyl groups excluding tert-OH is 1. The largest absolute Gasteiger partial charge is 0.375 e. The van der Waals surface area contributed by atoms with Gasteiger partial charge in [0.2, 0.25) is 0 Å². The lowest BCUT2D eigenvalue weighted by Crippen LogP contribution is -2.56. The molecule has 0 amide bonds. The predicted molar refractivity (Wildman–Crippen MR) is 120 cm³/mol. The van der Waals surface area contributed by atoms with Gasteiger partial charge in [-0.2, -0.15) is 5.26 Å². The van der Waals surface area contributed by atoms with Crippen LogP contribution in [0.2, 0.25) is 10.0 Å². The number of aromatic nitrogens is 2. The molecule has 0 bridgehead atoms. The van der Waals surface area contributed by atoms with Gasteiger partial charge in [0.15, 0.2) is 0 Å². The molecule has 2 aromatic carbocycles. The first kappa shape index (κ1) is 20.6. The molecule has 1 saturated heterocycles. The van der Waals surface area contributed by atoms with Gasteiger partial charge in [-0.15, -0.1) is 0 Å². The number of benzene rings is 2. The van der Waals surface area contributed by atoms with Crippen molar-refractivity contribution < 1.29 is 5.11 Å². The second-order valence-corrected chi connectivity index (χ2v) is 7.88. The number of nitriles is 1. The molecule has 2 heterocycles. The quantitative estimate of drug-likeness (QED) is 0.616. The van der Waals surface area contributed by atoms with Crippen LogP contribution in [0.4, 0.5) is 5.82 Å². The van der Waals surface area contributed by atoms with Crippen LogP contribution in [0.25, 0.3) is 22.0 Å². The van der Waals surface area contributed by atoms with Crippen LogP contribution in [0.3, 0.4) is 0 Å². The normalized spacial score (nSPS) is 18.2. The van der Waals surface area contributed by atoms with E-state index >= 15 is 0 Å². The first-order valence-electron chi connectivity index (χ1n) is 9.43. The summed E-state index contributed by atoms with van der Waals surface area (Å²) in [5.41, 5.74) is 2.52. The van der Waals surface area contributed by atoms with Crippen molar-refractivity contribution in [2.75, 3.05) is 24.5 Å². The second-order valence-electron chi connectivity index (χ2n) is 7.03. The van der Waals surface area contributed by atoms with Crippen LogP contribution in [0.15, 0.2) is 55.4 Å². The van der Waals surface area contributed by atoms with Gasteiger partial charge in [0, 0.05) is 35.6 Å². The molecule has 0 spiro atoms. The molecular formula is C22H19Cl2N5O. The van der Waals surface area contributed by atoms with E-state index in [2.05, 4.69) is 22.6 Å². The summed E-state index contributed by atoms with van der Waals surface area (Å²) in [6.07, 6.45) is 2.08. The molecule has 0 aliphatic carbocycles. The first-order chi connectivity index (χ1) is 14.5. The van der Waals surface area contributed by atoms with Gasteiger partial charge in [-0.05, 0) is 35.9 Å². The van der Waals surface area contributed by atoms with E-state index in [0.29, 0.717) is 29.7 Å². The number of piperazine rings is 1. The summed E-state index contributed by atoms with van der Waals surface area (Å²) >= 11 is 12.6. The molecule has 30 heavy (non-hydrogen) atoms. The van der Waals surface area contributed by atoms with Crippen LogP contribution in [0.1, 0.15) is 0 Å². The fourth-order valence-corrected chi connectivity index (χ4v) is 4.12. The molecule has 3 aromatic rings. The molecule has 152 valence electrons. The highest BCUT2D eigenvalue weighted by Crippen LogP contribution is 2.35. The molecule has 2 atom stereocenters. The minimum atomic E-state index is -0.853. The van der Waals surface area contributed by atoms with Gasteiger partial charge in [0.05, 0.1) is 16.6 Å². The van der Waals surface area contributed by atoms with Crippen molar-refractivity contribution in [1.29, 1.82) is 5.26 Å². The Kier molecular flexibility index (Phi) is 5.89. The Labute approximate surface area is 184 Å². The summed E-state index contributed by atoms with van der Waals surface area (Å²) in [6, 6.07) is 13.1. The molecule has 1 unspecified atom stereocenters. The fourth-order valence-electron chi connectivity index (χ4n) is 3.72. The van der Waals surface area contributed by atoms with Crippen LogP contribution >= 0.6 is 23.2 Å². The Morgan fingerprint density at radius 2 is 1.97 bits per heavy atom. The number of aliphatic hydroxyl groups is 1. The summed E-state index contributed by atoms with van der Waals surface area (Å²) in [4.78, 5) is 12.6. The standard InChI is InChI=1S/C22H19Cl2N5O/c1-2-21(30)29-8-7-28(12-16(29)11-25)22-18-9-17(14-3-5-15(23)6-4-14)19(24)10-20(18)26-13-27-22/h2-6,9-10,13,16,21,30H,1,7-8,12H2/t16-,21?/m1/s1. The van der Waals surface area contributed by atoms with Gasteiger partial charge in [0.1, 0.15) is 24.4 Å². The molecule has 1 aliphatic heterocycles. The minimum Gasteiger partial charge on any atom is -0.375 e. The molecular weight excluding hydrogens is 421 g/mol. The third kappa shape index (κ3) is 3.85. The van der Waals surface area contributed by atoms with Gasteiger partial charge < -0.3 is 10.0 Å². The topological polar surface area (TPSA) is 76.3 Å². The maximum atomic E-state index is 10.1. The molecule has 1 aliphatic rings. The van der Waals surface area contributed by atoms with Gasteiger partial charge >= 0.3 is 0 Å². The van der Waals surface area contributed by atoms with Crippen molar-refractivity contribution in [2.24, 2.45) is 0 Å². The Hall–Kier alpha value is -2.69. The highest BCUT2D eigenvalue weighted by atomic mass is 35.5. The number of rotatable bonds is 4. The first-order valence-corrected chi connectivity index (χ1v) is 10.2. The van der Waals surface area contributed by atoms with Crippen LogP contribution in [0.5, 0.6) is 0 Å². The average Bonchev–Trinajstić information content (AvgIpc) is 2.78. The maximum absolute atomic E-state index is 10.1. The third-order valence-electron chi connectivity index (χ3n) is 5.28. The Balaban J connectivity index is 1.75. The average molecular weight is 440 g/mol. The van der Waals surface area contributed by atoms with Crippen LogP contribution < -0.4 is 4.90 Å². The molecule has 6 nitrogen and oxygen atoms in total. The van der Waals surface area contributed by atoms with Crippen molar-refractivity contribution in [1.82, 2.24) is 14.9 Å². The number of nitrogens with zero attached hydrogens (tertiary/aromatic N) is 5. The van der Waals surface area contributed by atoms with E-state index in [1.807, 2.05) is 41.3 Å². The number of hydrogen-bond acceptors (Lipinski definition) is 6. The molecule has 1 N–H and O–H groups in total. The Morgan fingerprint density at radius 1 is 1.20 bits per heavy atom. The fraction of sp³-hybridized carbons (Fsp3) is 0.227. The lowest BCUT2D eigenvalue weighted by Gasteiger charge is -2.40. The van der Waals surface area contributed by atoms with Crippen molar-refractivity contribution in [3.63, 3.8) is 0 Å². The monoisotopic (exact) mass is 439 g/mol. The molecule has 0 radical (unpaired) electrons. The molecule has 1 fully saturated rings.